The van der Waals surface area contributed by atoms with Gasteiger partial charge in [-0.05, 0) is 99.2 Å². The van der Waals surface area contributed by atoms with Crippen molar-refractivity contribution in [1.29, 1.82) is 0 Å². The van der Waals surface area contributed by atoms with Gasteiger partial charge in [-0.1, -0.05) is 13.8 Å². The summed E-state index contributed by atoms with van der Waals surface area (Å²) in [6, 6.07) is 0. The highest BCUT2D eigenvalue weighted by molar-refractivity contribution is 5.79. The monoisotopic (exact) mass is 318 g/mol. The number of carbonyl (C=O) groups excluding carboxylic acids is 1. The van der Waals surface area contributed by atoms with E-state index in [1.807, 2.05) is 6.92 Å². The molecule has 0 heterocycles. The van der Waals surface area contributed by atoms with Crippen LogP contribution in [0.5, 0.6) is 0 Å². The Kier molecular flexibility index (Phi) is 3.72. The number of hydrogen-bond acceptors (Lipinski definition) is 2. The van der Waals surface area contributed by atoms with Crippen LogP contribution in [0.1, 0.15) is 78.6 Å². The second-order valence-electron chi connectivity index (χ2n) is 9.87. The van der Waals surface area contributed by atoms with E-state index in [0.29, 0.717) is 17.1 Å². The van der Waals surface area contributed by atoms with Gasteiger partial charge in [0.25, 0.3) is 0 Å². The molecule has 0 aromatic heterocycles. The highest BCUT2D eigenvalue weighted by Crippen LogP contribution is 2.67. The Bertz CT molecular complexity index is 500. The summed E-state index contributed by atoms with van der Waals surface area (Å²) >= 11 is 0. The van der Waals surface area contributed by atoms with E-state index in [1.54, 1.807) is 0 Å². The fourth-order valence-electron chi connectivity index (χ4n) is 7.90. The molecule has 130 valence electrons. The summed E-state index contributed by atoms with van der Waals surface area (Å²) < 4.78 is 0. The van der Waals surface area contributed by atoms with Gasteiger partial charge in [-0.3, -0.25) is 4.79 Å². The summed E-state index contributed by atoms with van der Waals surface area (Å²) in [5.74, 6) is 3.97. The largest absolute Gasteiger partial charge is 0.393 e. The summed E-state index contributed by atoms with van der Waals surface area (Å²) in [5, 5.41) is 10.1. The Balaban J connectivity index is 1.61. The molecular weight excluding hydrogens is 284 g/mol. The second-order valence-corrected chi connectivity index (χ2v) is 9.87. The Morgan fingerprint density at radius 2 is 1.61 bits per heavy atom. The summed E-state index contributed by atoms with van der Waals surface area (Å²) in [6.07, 6.45) is 10.9. The van der Waals surface area contributed by atoms with Crippen LogP contribution >= 0.6 is 0 Å². The van der Waals surface area contributed by atoms with Crippen molar-refractivity contribution < 1.29 is 9.90 Å². The van der Waals surface area contributed by atoms with E-state index in [1.165, 1.54) is 38.5 Å². The Morgan fingerprint density at radius 3 is 2.35 bits per heavy atom. The first-order chi connectivity index (χ1) is 10.9. The third-order valence-electron chi connectivity index (χ3n) is 9.13. The molecule has 0 amide bonds. The van der Waals surface area contributed by atoms with Crippen LogP contribution in [-0.4, -0.2) is 17.0 Å². The van der Waals surface area contributed by atoms with E-state index in [4.69, 9.17) is 0 Å². The maximum absolute atomic E-state index is 12.2. The third kappa shape index (κ3) is 2.19. The predicted octanol–water partition coefficient (Wildman–Crippen LogP) is 4.60. The average molecular weight is 319 g/mol. The van der Waals surface area contributed by atoms with E-state index in [9.17, 15) is 9.90 Å². The first-order valence-corrected chi connectivity index (χ1v) is 10.0. The minimum atomic E-state index is -0.0490. The number of fused-ring (bicyclic) bond motifs is 5. The number of aliphatic hydroxyl groups excluding tert-OH is 1. The van der Waals surface area contributed by atoms with Crippen molar-refractivity contribution >= 4 is 5.78 Å². The van der Waals surface area contributed by atoms with E-state index < -0.39 is 0 Å². The minimum absolute atomic E-state index is 0.0490. The molecule has 8 atom stereocenters. The topological polar surface area (TPSA) is 37.3 Å². The smallest absolute Gasteiger partial charge is 0.133 e. The predicted molar refractivity (Wildman–Crippen MR) is 91.9 cm³/mol. The van der Waals surface area contributed by atoms with Crippen molar-refractivity contribution in [1.82, 2.24) is 0 Å². The average Bonchev–Trinajstić information content (AvgIpc) is 2.85. The molecule has 0 aromatic rings. The van der Waals surface area contributed by atoms with Crippen molar-refractivity contribution in [2.45, 2.75) is 84.7 Å². The third-order valence-corrected chi connectivity index (χ3v) is 9.13. The van der Waals surface area contributed by atoms with Gasteiger partial charge in [-0.25, -0.2) is 0 Å². The molecule has 0 aliphatic heterocycles. The summed E-state index contributed by atoms with van der Waals surface area (Å²) in [7, 11) is 0. The van der Waals surface area contributed by atoms with Gasteiger partial charge in [0.05, 0.1) is 6.10 Å². The van der Waals surface area contributed by atoms with Crippen LogP contribution in [0.3, 0.4) is 0 Å². The molecule has 4 fully saturated rings. The molecule has 23 heavy (non-hydrogen) atoms. The van der Waals surface area contributed by atoms with E-state index in [0.717, 1.165) is 42.9 Å². The number of carbonyl (C=O) groups is 1. The van der Waals surface area contributed by atoms with E-state index in [-0.39, 0.29) is 11.5 Å². The van der Waals surface area contributed by atoms with E-state index >= 15 is 0 Å². The molecule has 2 nitrogen and oxygen atoms in total. The number of aliphatic hydroxyl groups is 1. The maximum Gasteiger partial charge on any atom is 0.133 e. The molecule has 0 radical (unpaired) electrons. The highest BCUT2D eigenvalue weighted by Gasteiger charge is 2.60. The lowest BCUT2D eigenvalue weighted by molar-refractivity contribution is -0.138. The molecule has 4 rings (SSSR count). The van der Waals surface area contributed by atoms with Crippen LogP contribution in [0.15, 0.2) is 0 Å². The minimum Gasteiger partial charge on any atom is -0.393 e. The Morgan fingerprint density at radius 1 is 0.913 bits per heavy atom. The molecule has 0 aromatic carbocycles. The fraction of sp³-hybridized carbons (Fsp3) is 0.952. The zero-order chi connectivity index (χ0) is 16.4. The first-order valence-electron chi connectivity index (χ1n) is 10.0. The standard InChI is InChI=1S/C21H34O2/c1-13(22)17-6-7-18-16-5-4-14-12-15(23)8-10-20(14,2)19(16)9-11-21(17,18)3/h14-19,23H,4-12H2,1-3H3/t14-,15+,16-,17?,18-,19-,20-,21?/m0/s1. The van der Waals surface area contributed by atoms with Gasteiger partial charge < -0.3 is 5.11 Å². The van der Waals surface area contributed by atoms with Crippen molar-refractivity contribution in [2.75, 3.05) is 0 Å². The molecular formula is C21H34O2. The normalized spacial score (nSPS) is 55.7. The lowest BCUT2D eigenvalue weighted by atomic mass is 9.44. The van der Waals surface area contributed by atoms with Crippen molar-refractivity contribution in [3.63, 3.8) is 0 Å². The van der Waals surface area contributed by atoms with E-state index in [2.05, 4.69) is 13.8 Å². The quantitative estimate of drug-likeness (QED) is 0.767. The van der Waals surface area contributed by atoms with Gasteiger partial charge in [-0.2, -0.15) is 0 Å². The zero-order valence-corrected chi connectivity index (χ0v) is 15.2. The summed E-state index contributed by atoms with van der Waals surface area (Å²) in [6.45, 7) is 6.80. The van der Waals surface area contributed by atoms with Crippen LogP contribution in [0.2, 0.25) is 0 Å². The SMILES string of the molecule is CC(=O)C1CC[C@H]2[C@@H]3CC[C@H]4C[C@H](O)CC[C@]4(C)[C@H]3CCC12C. The van der Waals surface area contributed by atoms with Gasteiger partial charge in [0, 0.05) is 5.92 Å². The number of ketones is 1. The molecule has 2 unspecified atom stereocenters. The first kappa shape index (κ1) is 16.1. The van der Waals surface area contributed by atoms with Crippen LogP contribution in [0, 0.1) is 40.4 Å². The molecule has 2 heteroatoms. The molecule has 1 N–H and O–H groups in total. The molecule has 4 aliphatic carbocycles. The van der Waals surface area contributed by atoms with Crippen LogP contribution in [0.25, 0.3) is 0 Å². The Hall–Kier alpha value is -0.370. The molecule has 4 saturated carbocycles. The number of hydrogen-bond donors (Lipinski definition) is 1. The van der Waals surface area contributed by atoms with Crippen LogP contribution < -0.4 is 0 Å². The molecule has 4 aliphatic rings. The molecule has 0 saturated heterocycles. The van der Waals surface area contributed by atoms with Gasteiger partial charge in [-0.15, -0.1) is 0 Å². The Labute approximate surface area is 141 Å². The molecule has 0 spiro atoms. The van der Waals surface area contributed by atoms with Gasteiger partial charge >= 0.3 is 0 Å². The summed E-state index contributed by atoms with van der Waals surface area (Å²) in [4.78, 5) is 12.2. The van der Waals surface area contributed by atoms with Gasteiger partial charge in [0.1, 0.15) is 5.78 Å². The van der Waals surface area contributed by atoms with Crippen molar-refractivity contribution in [2.24, 2.45) is 40.4 Å². The van der Waals surface area contributed by atoms with Crippen LogP contribution in [0.4, 0.5) is 0 Å². The fourth-order valence-corrected chi connectivity index (χ4v) is 7.90. The highest BCUT2D eigenvalue weighted by atomic mass is 16.3. The number of rotatable bonds is 1. The zero-order valence-electron chi connectivity index (χ0n) is 15.2. The van der Waals surface area contributed by atoms with Crippen molar-refractivity contribution in [3.05, 3.63) is 0 Å². The van der Waals surface area contributed by atoms with Gasteiger partial charge in [0.2, 0.25) is 0 Å². The van der Waals surface area contributed by atoms with Gasteiger partial charge in [0.15, 0.2) is 0 Å². The summed E-state index contributed by atoms with van der Waals surface area (Å²) in [5.41, 5.74) is 0.738. The maximum atomic E-state index is 12.2. The second kappa shape index (κ2) is 5.31. The lowest BCUT2D eigenvalue weighted by Crippen LogP contribution is -2.54. The van der Waals surface area contributed by atoms with Crippen molar-refractivity contribution in [3.8, 4) is 0 Å². The lowest BCUT2D eigenvalue weighted by Gasteiger charge is -2.60. The molecule has 0 bridgehead atoms. The van der Waals surface area contributed by atoms with Crippen LogP contribution in [-0.2, 0) is 4.79 Å². The number of Topliss-reactive ketones (excluding diaryl/α,β-unsaturated/α-hetero) is 1.